The van der Waals surface area contributed by atoms with Crippen molar-refractivity contribution in [1.29, 1.82) is 0 Å². The maximum absolute atomic E-state index is 13.3. The number of Topliss-reactive ketones (excluding diaryl/α,β-unsaturated/α-hetero) is 1. The van der Waals surface area contributed by atoms with Crippen molar-refractivity contribution in [2.24, 2.45) is 23.2 Å². The predicted molar refractivity (Wildman–Crippen MR) is 130 cm³/mol. The molecule has 0 amide bonds. The van der Waals surface area contributed by atoms with E-state index in [2.05, 4.69) is 61.2 Å². The van der Waals surface area contributed by atoms with E-state index in [1.807, 2.05) is 18.2 Å². The van der Waals surface area contributed by atoms with E-state index in [-0.39, 0.29) is 36.5 Å². The van der Waals surface area contributed by atoms with Crippen molar-refractivity contribution in [1.82, 2.24) is 5.09 Å². The number of hydrogen-bond acceptors (Lipinski definition) is 4. The van der Waals surface area contributed by atoms with E-state index in [0.717, 1.165) is 18.8 Å². The van der Waals surface area contributed by atoms with Crippen LogP contribution in [0.3, 0.4) is 0 Å². The van der Waals surface area contributed by atoms with Crippen molar-refractivity contribution in [3.63, 3.8) is 0 Å². The van der Waals surface area contributed by atoms with E-state index < -0.39 is 0 Å². The Labute approximate surface area is 191 Å². The Morgan fingerprint density at radius 3 is 2.55 bits per heavy atom. The fourth-order valence-corrected chi connectivity index (χ4v) is 6.82. The fourth-order valence-electron chi connectivity index (χ4n) is 6.51. The molecule has 6 heteroatoms. The number of ketones is 1. The van der Waals surface area contributed by atoms with Gasteiger partial charge in [0.05, 0.1) is 17.7 Å². The average molecular weight is 443 g/mol. The third-order valence-corrected chi connectivity index (χ3v) is 8.87. The Kier molecular flexibility index (Phi) is 6.72. The summed E-state index contributed by atoms with van der Waals surface area (Å²) in [6.45, 7) is 11.5. The molecule has 1 aliphatic heterocycles. The molecule has 5 rings (SSSR count). The van der Waals surface area contributed by atoms with Crippen LogP contribution in [0.1, 0.15) is 65.9 Å². The average Bonchev–Trinajstić information content (AvgIpc) is 3.08. The van der Waals surface area contributed by atoms with Crippen LogP contribution in [0.25, 0.3) is 0 Å². The molecule has 1 aromatic rings. The van der Waals surface area contributed by atoms with E-state index in [4.69, 9.17) is 9.31 Å². The van der Waals surface area contributed by atoms with Crippen LogP contribution in [0.2, 0.25) is 5.82 Å². The van der Waals surface area contributed by atoms with Crippen molar-refractivity contribution in [2.75, 3.05) is 0 Å². The van der Waals surface area contributed by atoms with Gasteiger partial charge in [-0.3, -0.25) is 9.88 Å². The van der Waals surface area contributed by atoms with Crippen LogP contribution in [-0.4, -0.2) is 30.6 Å². The van der Waals surface area contributed by atoms with E-state index in [1.54, 1.807) is 0 Å². The van der Waals surface area contributed by atoms with Gasteiger partial charge < -0.3 is 9.31 Å². The van der Waals surface area contributed by atoms with Gasteiger partial charge in [0.1, 0.15) is 5.78 Å². The summed E-state index contributed by atoms with van der Waals surface area (Å²) in [6.07, 6.45) is 4.62. The quantitative estimate of drug-likeness (QED) is 0.427. The summed E-state index contributed by atoms with van der Waals surface area (Å²) in [7, 11) is 2.26. The van der Waals surface area contributed by atoms with Crippen LogP contribution in [0, 0.1) is 23.2 Å². The monoisotopic (exact) mass is 443 g/mol. The van der Waals surface area contributed by atoms with Gasteiger partial charge in [-0.25, -0.2) is 0 Å². The second kappa shape index (κ2) is 8.90. The molecule has 31 heavy (non-hydrogen) atoms. The van der Waals surface area contributed by atoms with E-state index >= 15 is 0 Å². The van der Waals surface area contributed by atoms with Crippen molar-refractivity contribution in [3.05, 3.63) is 35.9 Å². The topological polar surface area (TPSA) is 47.6 Å². The molecule has 170 valence electrons. The van der Waals surface area contributed by atoms with Crippen LogP contribution in [-0.2, 0) is 20.5 Å². The Hall–Kier alpha value is -0.735. The van der Waals surface area contributed by atoms with Gasteiger partial charge in [0.25, 0.3) is 0 Å². The van der Waals surface area contributed by atoms with Crippen LogP contribution in [0.4, 0.5) is 0 Å². The van der Waals surface area contributed by atoms with Gasteiger partial charge >= 0.3 is 7.12 Å². The first-order valence-electron chi connectivity index (χ1n) is 12.0. The highest BCUT2D eigenvalue weighted by molar-refractivity contribution is 7.13. The molecule has 1 heterocycles. The van der Waals surface area contributed by atoms with E-state index in [9.17, 15) is 4.79 Å². The first kappa shape index (κ1) is 23.4. The summed E-state index contributed by atoms with van der Waals surface area (Å²) in [5.74, 6) is 2.10. The van der Waals surface area contributed by atoms with Crippen molar-refractivity contribution >= 4 is 22.3 Å². The van der Waals surface area contributed by atoms with Crippen LogP contribution < -0.4 is 5.09 Å². The highest BCUT2D eigenvalue weighted by Gasteiger charge is 2.68. The van der Waals surface area contributed by atoms with Gasteiger partial charge in [-0.2, -0.15) is 0 Å². The Balaban J connectivity index is 1.46. The van der Waals surface area contributed by atoms with Crippen LogP contribution in [0.5, 0.6) is 0 Å². The lowest BCUT2D eigenvalue weighted by Crippen LogP contribution is -2.65. The number of carbonyl (C=O) groups excluding carboxylic acids is 1. The SMILES string of the molecule is CC(C)C[C@H](CC(=O)[C@H](Cc1ccccc1)NP)B1O[C@@H]2C[C@@H]3C[C@@H](C3(C)C)[C@]2(C)O1. The van der Waals surface area contributed by atoms with E-state index in [0.29, 0.717) is 30.1 Å². The fraction of sp³-hybridized carbons (Fsp3) is 0.720. The van der Waals surface area contributed by atoms with Crippen molar-refractivity contribution in [3.8, 4) is 0 Å². The third-order valence-electron chi connectivity index (χ3n) is 8.46. The summed E-state index contributed by atoms with van der Waals surface area (Å²) in [4.78, 5) is 13.3. The summed E-state index contributed by atoms with van der Waals surface area (Å²) >= 11 is 0. The molecule has 1 unspecified atom stereocenters. The van der Waals surface area contributed by atoms with Gasteiger partial charge in [-0.15, -0.1) is 0 Å². The maximum atomic E-state index is 13.3. The second-order valence-electron chi connectivity index (χ2n) is 11.3. The highest BCUT2D eigenvalue weighted by atomic mass is 31.0. The summed E-state index contributed by atoms with van der Waals surface area (Å²) in [6, 6.07) is 10.0. The summed E-state index contributed by atoms with van der Waals surface area (Å²) in [5, 5.41) is 3.17. The Morgan fingerprint density at radius 1 is 1.23 bits per heavy atom. The molecule has 1 aromatic carbocycles. The zero-order chi connectivity index (χ0) is 22.4. The molecule has 7 atom stereocenters. The molecule has 0 aromatic heterocycles. The molecule has 3 saturated carbocycles. The second-order valence-corrected chi connectivity index (χ2v) is 11.6. The van der Waals surface area contributed by atoms with Crippen LogP contribution in [0.15, 0.2) is 30.3 Å². The molecule has 4 aliphatic rings. The lowest BCUT2D eigenvalue weighted by atomic mass is 9.43. The summed E-state index contributed by atoms with van der Waals surface area (Å²) in [5.41, 5.74) is 1.28. The predicted octanol–water partition coefficient (Wildman–Crippen LogP) is 5.08. The minimum atomic E-state index is -0.279. The molecule has 0 spiro atoms. The lowest BCUT2D eigenvalue weighted by Gasteiger charge is -2.64. The number of rotatable bonds is 9. The zero-order valence-electron chi connectivity index (χ0n) is 19.8. The number of benzene rings is 1. The van der Waals surface area contributed by atoms with Crippen molar-refractivity contribution < 1.29 is 14.1 Å². The molecular weight excluding hydrogens is 404 g/mol. The largest absolute Gasteiger partial charge is 0.461 e. The maximum Gasteiger partial charge on any atom is 0.461 e. The molecule has 4 fully saturated rings. The van der Waals surface area contributed by atoms with E-state index in [1.165, 1.54) is 12.0 Å². The Bertz CT molecular complexity index is 788. The van der Waals surface area contributed by atoms with Gasteiger partial charge in [-0.1, -0.05) is 67.4 Å². The minimum absolute atomic E-state index is 0.0897. The first-order chi connectivity index (χ1) is 14.6. The van der Waals surface area contributed by atoms with Gasteiger partial charge in [0, 0.05) is 12.2 Å². The van der Waals surface area contributed by atoms with Gasteiger partial charge in [-0.05, 0) is 61.3 Å². The van der Waals surface area contributed by atoms with Gasteiger partial charge in [0.15, 0.2) is 0 Å². The molecule has 1 N–H and O–H groups in total. The highest BCUT2D eigenvalue weighted by Crippen LogP contribution is 2.66. The molecule has 3 aliphatic carbocycles. The first-order valence-corrected chi connectivity index (χ1v) is 12.6. The normalized spacial score (nSPS) is 33.0. The Morgan fingerprint density at radius 2 is 1.94 bits per heavy atom. The summed E-state index contributed by atoms with van der Waals surface area (Å²) < 4.78 is 13.3. The van der Waals surface area contributed by atoms with Gasteiger partial charge in [0.2, 0.25) is 0 Å². The molecule has 0 radical (unpaired) electrons. The molecule has 1 saturated heterocycles. The van der Waals surface area contributed by atoms with Crippen molar-refractivity contribution in [2.45, 2.75) is 90.3 Å². The molecular formula is C25H39BNO3P. The number of hydrogen-bond donors (Lipinski definition) is 1. The molecule has 2 bridgehead atoms. The zero-order valence-corrected chi connectivity index (χ0v) is 20.9. The lowest BCUT2D eigenvalue weighted by molar-refractivity contribution is -0.199. The van der Waals surface area contributed by atoms with Crippen LogP contribution >= 0.6 is 9.39 Å². The molecule has 4 nitrogen and oxygen atoms in total. The number of carbonyl (C=O) groups is 1. The minimum Gasteiger partial charge on any atom is -0.405 e. The smallest absolute Gasteiger partial charge is 0.405 e. The third kappa shape index (κ3) is 4.41. The number of nitrogens with one attached hydrogen (secondary N) is 1. The standard InChI is InChI=1S/C25H39BNO3P/c1-16(2)11-19(15-21(28)20(27-31)12-17-9-7-6-8-10-17)26-29-23-14-18-13-22(24(18,3)4)25(23,5)30-26/h6-10,16,18-20,22-23,27H,11-15,31H2,1-5H3/t18-,19+,20-,22-,23+,25-/m0/s1.